The molecule has 310 valence electrons. The van der Waals surface area contributed by atoms with E-state index in [4.69, 9.17) is 23.9 Å². The molecule has 1 unspecified atom stereocenters. The number of aromatic nitrogens is 4. The number of fused-ring (bicyclic) bond motifs is 2. The maximum Gasteiger partial charge on any atom is 0.162 e. The van der Waals surface area contributed by atoms with Crippen LogP contribution in [0.25, 0.3) is 38.8 Å². The molecule has 1 atom stereocenters. The van der Waals surface area contributed by atoms with Gasteiger partial charge in [0.2, 0.25) is 0 Å². The first-order valence-corrected chi connectivity index (χ1v) is 20.9. The number of anilines is 1. The Morgan fingerprint density at radius 1 is 0.683 bits per heavy atom. The molecule has 8 rings (SSSR count). The molecule has 3 aromatic heterocycles. The van der Waals surface area contributed by atoms with Crippen molar-refractivity contribution in [2.45, 2.75) is 12.5 Å². The van der Waals surface area contributed by atoms with E-state index < -0.39 is 6.10 Å². The van der Waals surface area contributed by atoms with Crippen molar-refractivity contribution in [3.05, 3.63) is 140 Å². The molecule has 12 nitrogen and oxygen atoms in total. The number of piperazine rings is 1. The summed E-state index contributed by atoms with van der Waals surface area (Å²) in [6, 6.07) is 36.7. The standard InChI is InChI=1S/C48H53N7O5/c56-41(36-60-43-10-4-9-42(31-43)59-26-18-37-7-2-1-3-8-37)33-49-20-27-57-29-30-58-28-25-53-21-23-54(24-22-53)40-16-14-38(15-17-40)39-32-51-48-46(34-52-55(48)35-39)44-11-5-13-47-45(44)12-6-19-50-47/h1-17,19,31-32,34-35,41,49,56H,18,20-30,33,36H2. The first kappa shape index (κ1) is 40.9. The Labute approximate surface area is 351 Å². The van der Waals surface area contributed by atoms with Gasteiger partial charge in [-0.2, -0.15) is 5.10 Å². The lowest BCUT2D eigenvalue weighted by molar-refractivity contribution is 0.0377. The summed E-state index contributed by atoms with van der Waals surface area (Å²) in [6.07, 6.45) is 7.89. The molecule has 0 aliphatic carbocycles. The van der Waals surface area contributed by atoms with E-state index in [1.54, 1.807) is 0 Å². The number of ether oxygens (including phenoxy) is 4. The zero-order valence-corrected chi connectivity index (χ0v) is 33.9. The molecular weight excluding hydrogens is 755 g/mol. The van der Waals surface area contributed by atoms with Crippen molar-refractivity contribution < 1.29 is 24.1 Å². The molecule has 0 amide bonds. The summed E-state index contributed by atoms with van der Waals surface area (Å²) in [5.74, 6) is 1.42. The number of rotatable bonds is 21. The maximum absolute atomic E-state index is 10.4. The van der Waals surface area contributed by atoms with Crippen LogP contribution >= 0.6 is 0 Å². The normalized spacial score (nSPS) is 13.8. The fourth-order valence-electron chi connectivity index (χ4n) is 7.41. The number of pyridine rings is 1. The van der Waals surface area contributed by atoms with E-state index in [-0.39, 0.29) is 6.61 Å². The van der Waals surface area contributed by atoms with Crippen LogP contribution in [0.1, 0.15) is 5.56 Å². The average molecular weight is 808 g/mol. The number of nitrogens with one attached hydrogen (secondary N) is 1. The molecule has 12 heteroatoms. The van der Waals surface area contributed by atoms with Crippen molar-refractivity contribution >= 4 is 22.2 Å². The zero-order valence-electron chi connectivity index (χ0n) is 33.9. The number of aliphatic hydroxyl groups excluding tert-OH is 1. The number of benzene rings is 4. The van der Waals surface area contributed by atoms with Gasteiger partial charge < -0.3 is 34.3 Å². The van der Waals surface area contributed by atoms with Crippen LogP contribution in [0.3, 0.4) is 0 Å². The predicted molar refractivity (Wildman–Crippen MR) is 236 cm³/mol. The van der Waals surface area contributed by atoms with Crippen LogP contribution in [0.5, 0.6) is 11.5 Å². The van der Waals surface area contributed by atoms with Crippen LogP contribution in [0.2, 0.25) is 0 Å². The van der Waals surface area contributed by atoms with Gasteiger partial charge in [0.05, 0.1) is 44.7 Å². The highest BCUT2D eigenvalue weighted by atomic mass is 16.5. The molecule has 1 aliphatic heterocycles. The highest BCUT2D eigenvalue weighted by Crippen LogP contribution is 2.31. The van der Waals surface area contributed by atoms with Gasteiger partial charge in [0.1, 0.15) is 24.2 Å². The molecule has 1 fully saturated rings. The lowest BCUT2D eigenvalue weighted by Gasteiger charge is -2.36. The third-order valence-corrected chi connectivity index (χ3v) is 10.7. The summed E-state index contributed by atoms with van der Waals surface area (Å²) in [7, 11) is 0. The molecule has 4 aromatic carbocycles. The minimum atomic E-state index is -0.637. The molecule has 0 bridgehead atoms. The van der Waals surface area contributed by atoms with E-state index in [2.05, 4.69) is 73.7 Å². The first-order chi connectivity index (χ1) is 29.7. The van der Waals surface area contributed by atoms with Gasteiger partial charge in [-0.25, -0.2) is 9.50 Å². The van der Waals surface area contributed by atoms with Crippen molar-refractivity contribution in [1.82, 2.24) is 29.8 Å². The molecule has 0 spiro atoms. The Morgan fingerprint density at radius 3 is 2.33 bits per heavy atom. The van der Waals surface area contributed by atoms with Crippen molar-refractivity contribution in [2.75, 3.05) is 90.4 Å². The van der Waals surface area contributed by atoms with Crippen LogP contribution in [-0.2, 0) is 15.9 Å². The third-order valence-electron chi connectivity index (χ3n) is 10.7. The van der Waals surface area contributed by atoms with Crippen LogP contribution in [0.15, 0.2) is 134 Å². The largest absolute Gasteiger partial charge is 0.493 e. The molecule has 4 heterocycles. The quantitative estimate of drug-likeness (QED) is 0.0784. The fourth-order valence-corrected chi connectivity index (χ4v) is 7.41. The molecule has 0 saturated carbocycles. The number of hydrogen-bond donors (Lipinski definition) is 2. The number of aliphatic hydroxyl groups is 1. The molecule has 7 aromatic rings. The van der Waals surface area contributed by atoms with Gasteiger partial charge in [-0.05, 0) is 53.1 Å². The van der Waals surface area contributed by atoms with Crippen molar-refractivity contribution in [3.8, 4) is 33.8 Å². The van der Waals surface area contributed by atoms with Crippen LogP contribution in [-0.4, -0.2) is 121 Å². The van der Waals surface area contributed by atoms with Crippen LogP contribution < -0.4 is 19.7 Å². The van der Waals surface area contributed by atoms with E-state index in [9.17, 15) is 5.11 Å². The van der Waals surface area contributed by atoms with Gasteiger partial charge in [0, 0.05) is 99.1 Å². The summed E-state index contributed by atoms with van der Waals surface area (Å²) < 4.78 is 25.1. The second-order valence-electron chi connectivity index (χ2n) is 14.9. The van der Waals surface area contributed by atoms with Gasteiger partial charge in [-0.15, -0.1) is 0 Å². The summed E-state index contributed by atoms with van der Waals surface area (Å²) in [5, 5.41) is 19.3. The maximum atomic E-state index is 10.4. The molecule has 0 radical (unpaired) electrons. The molecule has 1 saturated heterocycles. The summed E-state index contributed by atoms with van der Waals surface area (Å²) in [4.78, 5) is 14.2. The molecule has 1 aliphatic rings. The lowest BCUT2D eigenvalue weighted by atomic mass is 10.0. The van der Waals surface area contributed by atoms with Gasteiger partial charge in [-0.1, -0.05) is 66.7 Å². The number of nitrogens with zero attached hydrogens (tertiary/aromatic N) is 6. The molecular formula is C48H53N7O5. The Bertz CT molecular complexity index is 2380. The molecule has 2 N–H and O–H groups in total. The summed E-state index contributed by atoms with van der Waals surface area (Å²) >= 11 is 0. The van der Waals surface area contributed by atoms with Crippen LogP contribution in [0.4, 0.5) is 5.69 Å². The Morgan fingerprint density at radius 2 is 1.48 bits per heavy atom. The van der Waals surface area contributed by atoms with E-state index in [0.29, 0.717) is 51.9 Å². The highest BCUT2D eigenvalue weighted by molar-refractivity contribution is 5.97. The smallest absolute Gasteiger partial charge is 0.162 e. The van der Waals surface area contributed by atoms with E-state index >= 15 is 0 Å². The van der Waals surface area contributed by atoms with Gasteiger partial charge >= 0.3 is 0 Å². The average Bonchev–Trinajstić information content (AvgIpc) is 3.73. The van der Waals surface area contributed by atoms with E-state index in [1.165, 1.54) is 11.3 Å². The van der Waals surface area contributed by atoms with E-state index in [0.717, 1.165) is 83.7 Å². The number of hydrogen-bond acceptors (Lipinski definition) is 11. The monoisotopic (exact) mass is 807 g/mol. The first-order valence-electron chi connectivity index (χ1n) is 20.9. The van der Waals surface area contributed by atoms with Crippen LogP contribution in [0, 0.1) is 0 Å². The Hall–Kier alpha value is -5.89. The van der Waals surface area contributed by atoms with Gasteiger partial charge in [0.25, 0.3) is 0 Å². The third kappa shape index (κ3) is 11.0. The van der Waals surface area contributed by atoms with E-state index in [1.807, 2.05) is 90.0 Å². The van der Waals surface area contributed by atoms with Gasteiger partial charge in [-0.3, -0.25) is 9.88 Å². The van der Waals surface area contributed by atoms with Gasteiger partial charge in [0.15, 0.2) is 5.65 Å². The second kappa shape index (κ2) is 20.9. The Balaban J connectivity index is 0.662. The molecule has 60 heavy (non-hydrogen) atoms. The van der Waals surface area contributed by atoms with Crippen molar-refractivity contribution in [2.24, 2.45) is 0 Å². The fraction of sp³-hybridized carbons (Fsp3) is 0.312. The second-order valence-corrected chi connectivity index (χ2v) is 14.9. The predicted octanol–water partition coefficient (Wildman–Crippen LogP) is 6.42. The summed E-state index contributed by atoms with van der Waals surface area (Å²) in [6.45, 7) is 9.00. The zero-order chi connectivity index (χ0) is 40.8. The van der Waals surface area contributed by atoms with Crippen molar-refractivity contribution in [3.63, 3.8) is 0 Å². The summed E-state index contributed by atoms with van der Waals surface area (Å²) in [5.41, 5.74) is 8.44. The lowest BCUT2D eigenvalue weighted by Crippen LogP contribution is -2.47. The minimum Gasteiger partial charge on any atom is -0.493 e. The highest BCUT2D eigenvalue weighted by Gasteiger charge is 2.18. The topological polar surface area (TPSA) is 119 Å². The SMILES string of the molecule is OC(CNCCOCCOCCN1CCN(c2ccc(-c3cnc4c(-c5cccc6ncccc56)cnn4c3)cc2)CC1)COc1cccc(OCCc2ccccc2)c1. The minimum absolute atomic E-state index is 0.189. The Kier molecular flexibility index (Phi) is 14.2. The van der Waals surface area contributed by atoms with Crippen molar-refractivity contribution in [1.29, 1.82) is 0 Å².